The van der Waals surface area contributed by atoms with Crippen LogP contribution in [-0.2, 0) is 16.5 Å². The van der Waals surface area contributed by atoms with Gasteiger partial charge in [0.25, 0.3) is 0 Å². The molecule has 0 bridgehead atoms. The number of rotatable bonds is 5. The zero-order valence-corrected chi connectivity index (χ0v) is 14.1. The van der Waals surface area contributed by atoms with E-state index in [0.29, 0.717) is 0 Å². The maximum absolute atomic E-state index is 5.58. The van der Waals surface area contributed by atoms with Crippen LogP contribution in [0.4, 0.5) is 0 Å². The molecule has 1 aliphatic rings. The smallest absolute Gasteiger partial charge is 0.111 e. The van der Waals surface area contributed by atoms with Crippen molar-refractivity contribution in [3.8, 4) is 0 Å². The lowest BCUT2D eigenvalue weighted by Crippen LogP contribution is -2.41. The maximum Gasteiger partial charge on any atom is 0.111 e. The molecule has 1 saturated heterocycles. The van der Waals surface area contributed by atoms with Gasteiger partial charge in [0.1, 0.15) is 6.10 Å². The van der Waals surface area contributed by atoms with Gasteiger partial charge in [-0.05, 0) is 6.16 Å². The molecule has 0 radical (unpaired) electrons. The van der Waals surface area contributed by atoms with E-state index in [4.69, 9.17) is 28.8 Å². The van der Waals surface area contributed by atoms with E-state index in [1.54, 1.807) is 23.1 Å². The Morgan fingerprint density at radius 1 is 1.69 bits per heavy atom. The average Bonchev–Trinajstić information content (AvgIpc) is 2.30. The molecule has 94 valence electrons. The van der Waals surface area contributed by atoms with Crippen molar-refractivity contribution in [2.24, 2.45) is 0 Å². The Hall–Kier alpha value is 1.71. The van der Waals surface area contributed by atoms with Crippen molar-refractivity contribution in [1.82, 2.24) is 5.32 Å². The fourth-order valence-electron chi connectivity index (χ4n) is 1.07. The van der Waals surface area contributed by atoms with Crippen LogP contribution < -0.4 is 5.32 Å². The molecular weight excluding hydrogens is 317 g/mol. The second-order valence-corrected chi connectivity index (χ2v) is 16.6. The number of hydrogen-bond acceptors (Lipinski definition) is 6. The number of morpholine rings is 1. The van der Waals surface area contributed by atoms with Gasteiger partial charge >= 0.3 is 0 Å². The first-order valence-corrected chi connectivity index (χ1v) is 12.1. The Bertz CT molecular complexity index is 282. The lowest BCUT2D eigenvalue weighted by molar-refractivity contribution is 0.0744. The number of thioether (sulfide) groups is 1. The third-order valence-electron chi connectivity index (χ3n) is 2.05. The molecule has 1 aliphatic heterocycles. The molecule has 0 aliphatic carbocycles. The quantitative estimate of drug-likeness (QED) is 0.347. The van der Waals surface area contributed by atoms with Gasteiger partial charge in [-0.15, -0.1) is 35.4 Å². The molecule has 0 amide bonds. The molecule has 16 heavy (non-hydrogen) atoms. The Morgan fingerprint density at radius 2 is 2.44 bits per heavy atom. The van der Waals surface area contributed by atoms with Gasteiger partial charge in [0, 0.05) is 13.1 Å². The molecular formula is C8H16NOPS5. The summed E-state index contributed by atoms with van der Waals surface area (Å²) >= 11 is 18.7. The summed E-state index contributed by atoms with van der Waals surface area (Å²) in [6, 6.07) is 0. The van der Waals surface area contributed by atoms with Gasteiger partial charge in [-0.25, -0.2) is 0 Å². The summed E-state index contributed by atoms with van der Waals surface area (Å²) in [4.78, 5) is 0. The van der Waals surface area contributed by atoms with E-state index in [1.807, 2.05) is 0 Å². The highest BCUT2D eigenvalue weighted by atomic mass is 33.2. The van der Waals surface area contributed by atoms with E-state index in [1.165, 1.54) is 0 Å². The van der Waals surface area contributed by atoms with Gasteiger partial charge in [-0.2, -0.15) is 0 Å². The van der Waals surface area contributed by atoms with Crippen LogP contribution in [0.3, 0.4) is 0 Å². The first-order valence-electron chi connectivity index (χ1n) is 5.00. The van der Waals surface area contributed by atoms with Crippen LogP contribution in [0.5, 0.6) is 0 Å². The fraction of sp³-hybridized carbons (Fsp3) is 0.875. The first-order chi connectivity index (χ1) is 7.55. The average molecular weight is 334 g/mol. The van der Waals surface area contributed by atoms with Crippen molar-refractivity contribution in [1.29, 1.82) is 0 Å². The second kappa shape index (κ2) is 8.00. The zero-order valence-electron chi connectivity index (χ0n) is 9.05. The highest BCUT2D eigenvalue weighted by Crippen LogP contribution is 2.63. The van der Waals surface area contributed by atoms with E-state index in [-0.39, 0.29) is 6.10 Å². The molecule has 2 atom stereocenters. The third-order valence-corrected chi connectivity index (χ3v) is 11.9. The molecule has 1 rings (SSSR count). The lowest BCUT2D eigenvalue weighted by atomic mass is 10.3. The standard InChI is InChI=1S/C8H16NOPS5/c1-2-11(13,14)16-6-15-8(12)7-5-9-3-4-10-7/h7,9H,2-6H2,1H3,(H,13,14). The topological polar surface area (TPSA) is 21.3 Å². The molecule has 0 saturated carbocycles. The molecule has 0 aromatic heterocycles. The summed E-state index contributed by atoms with van der Waals surface area (Å²) in [7, 11) is 0. The first kappa shape index (κ1) is 15.8. The summed E-state index contributed by atoms with van der Waals surface area (Å²) in [5, 5.41) is 4.17. The summed E-state index contributed by atoms with van der Waals surface area (Å²) in [5.41, 5.74) is 0. The van der Waals surface area contributed by atoms with Crippen molar-refractivity contribution in [3.05, 3.63) is 0 Å². The molecule has 2 nitrogen and oxygen atoms in total. The molecule has 1 fully saturated rings. The number of nitrogens with one attached hydrogen (secondary N) is 1. The van der Waals surface area contributed by atoms with Gasteiger partial charge in [0.15, 0.2) is 0 Å². The summed E-state index contributed by atoms with van der Waals surface area (Å²) in [5.74, 6) is 0. The van der Waals surface area contributed by atoms with Crippen LogP contribution >= 0.6 is 52.1 Å². The number of thiol groups is 1. The summed E-state index contributed by atoms with van der Waals surface area (Å²) < 4.78 is 5.05. The van der Waals surface area contributed by atoms with Crippen molar-refractivity contribution in [2.45, 2.75) is 13.0 Å². The Labute approximate surface area is 121 Å². The van der Waals surface area contributed by atoms with E-state index in [0.717, 1.165) is 35.1 Å². The van der Waals surface area contributed by atoms with Crippen molar-refractivity contribution < 1.29 is 4.74 Å². The molecule has 0 aromatic rings. The van der Waals surface area contributed by atoms with Gasteiger partial charge in [0.2, 0.25) is 0 Å². The predicted octanol–water partition coefficient (Wildman–Crippen LogP) is 2.99. The summed E-state index contributed by atoms with van der Waals surface area (Å²) in [6.45, 7) is 4.60. The van der Waals surface area contributed by atoms with Crippen molar-refractivity contribution in [2.75, 3.05) is 30.9 Å². The molecule has 0 aromatic carbocycles. The van der Waals surface area contributed by atoms with E-state index >= 15 is 0 Å². The highest BCUT2D eigenvalue weighted by molar-refractivity contribution is 8.97. The maximum atomic E-state index is 5.58. The minimum atomic E-state index is -1.46. The third kappa shape index (κ3) is 6.05. The van der Waals surface area contributed by atoms with E-state index in [2.05, 4.69) is 24.5 Å². The van der Waals surface area contributed by atoms with E-state index < -0.39 is 4.44 Å². The lowest BCUT2D eigenvalue weighted by Gasteiger charge is -2.24. The van der Waals surface area contributed by atoms with Crippen LogP contribution in [-0.4, -0.2) is 41.2 Å². The fourth-order valence-corrected chi connectivity index (χ4v) is 8.45. The minimum Gasteiger partial charge on any atom is -0.369 e. The molecule has 1 heterocycles. The van der Waals surface area contributed by atoms with Crippen LogP contribution in [0.15, 0.2) is 0 Å². The molecule has 2 unspecified atom stereocenters. The SMILES string of the molecule is CCP(=S)(S)SCSC(=S)C1CNCCO1. The van der Waals surface area contributed by atoms with Crippen LogP contribution in [0, 0.1) is 0 Å². The molecule has 1 N–H and O–H groups in total. The van der Waals surface area contributed by atoms with E-state index in [9.17, 15) is 0 Å². The molecule has 8 heteroatoms. The predicted molar refractivity (Wildman–Crippen MR) is 89.1 cm³/mol. The number of hydrogen-bond donors (Lipinski definition) is 2. The largest absolute Gasteiger partial charge is 0.369 e. The van der Waals surface area contributed by atoms with Gasteiger partial charge < -0.3 is 10.1 Å². The highest BCUT2D eigenvalue weighted by Gasteiger charge is 2.19. The number of ether oxygens (including phenoxy) is 1. The Kier molecular flexibility index (Phi) is 7.88. The Morgan fingerprint density at radius 3 is 3.00 bits per heavy atom. The second-order valence-electron chi connectivity index (χ2n) is 3.23. The minimum absolute atomic E-state index is 0.0775. The van der Waals surface area contributed by atoms with Gasteiger partial charge in [0.05, 0.1) is 20.3 Å². The van der Waals surface area contributed by atoms with Crippen molar-refractivity contribution >= 4 is 68.1 Å². The van der Waals surface area contributed by atoms with Crippen LogP contribution in [0.1, 0.15) is 6.92 Å². The zero-order chi connectivity index (χ0) is 12.0. The Balaban J connectivity index is 2.22. The van der Waals surface area contributed by atoms with Crippen LogP contribution in [0.25, 0.3) is 0 Å². The number of thiocarbonyl (C=S) groups is 1. The molecule has 0 spiro atoms. The van der Waals surface area contributed by atoms with Gasteiger partial charge in [-0.1, -0.05) is 30.9 Å². The monoisotopic (exact) mass is 333 g/mol. The normalized spacial score (nSPS) is 25.0. The van der Waals surface area contributed by atoms with Gasteiger partial charge in [-0.3, -0.25) is 0 Å². The van der Waals surface area contributed by atoms with Crippen LogP contribution in [0.2, 0.25) is 0 Å². The van der Waals surface area contributed by atoms with Crippen molar-refractivity contribution in [3.63, 3.8) is 0 Å². The summed E-state index contributed by atoms with van der Waals surface area (Å²) in [6.07, 6.45) is 1.05.